The molecule has 5 nitrogen and oxygen atoms in total. The SMILES string of the molecule is Cc1cc(C)nc(N2CC[C@H](C(=O)OC(C)(C)C)C2)n1. The minimum atomic E-state index is -0.430. The fourth-order valence-corrected chi connectivity index (χ4v) is 2.37. The zero-order chi connectivity index (χ0) is 14.9. The largest absolute Gasteiger partial charge is 0.460 e. The minimum absolute atomic E-state index is 0.0846. The Hall–Kier alpha value is -1.65. The lowest BCUT2D eigenvalue weighted by molar-refractivity contribution is -0.159. The van der Waals surface area contributed by atoms with Crippen molar-refractivity contribution in [3.8, 4) is 0 Å². The molecular formula is C15H23N3O2. The number of nitrogens with zero attached hydrogens (tertiary/aromatic N) is 3. The van der Waals surface area contributed by atoms with Crippen molar-refractivity contribution in [3.63, 3.8) is 0 Å². The van der Waals surface area contributed by atoms with Crippen molar-refractivity contribution in [2.45, 2.75) is 46.6 Å². The standard InChI is InChI=1S/C15H23N3O2/c1-10-8-11(2)17-14(16-10)18-7-6-12(9-18)13(19)20-15(3,4)5/h8,12H,6-7,9H2,1-5H3/t12-/m0/s1. The average molecular weight is 277 g/mol. The van der Waals surface area contributed by atoms with Gasteiger partial charge in [0.25, 0.3) is 0 Å². The number of rotatable bonds is 2. The number of anilines is 1. The topological polar surface area (TPSA) is 55.3 Å². The maximum Gasteiger partial charge on any atom is 0.311 e. The van der Waals surface area contributed by atoms with E-state index in [0.717, 1.165) is 24.4 Å². The van der Waals surface area contributed by atoms with E-state index < -0.39 is 5.60 Å². The molecule has 1 aromatic rings. The summed E-state index contributed by atoms with van der Waals surface area (Å²) in [6.07, 6.45) is 0.797. The number of carbonyl (C=O) groups is 1. The summed E-state index contributed by atoms with van der Waals surface area (Å²) >= 11 is 0. The predicted octanol–water partition coefficient (Wildman–Crippen LogP) is 2.26. The van der Waals surface area contributed by atoms with Crippen molar-refractivity contribution >= 4 is 11.9 Å². The van der Waals surface area contributed by atoms with Gasteiger partial charge in [-0.25, -0.2) is 9.97 Å². The second-order valence-electron chi connectivity index (χ2n) is 6.42. The fraction of sp³-hybridized carbons (Fsp3) is 0.667. The molecule has 0 aromatic carbocycles. The van der Waals surface area contributed by atoms with Gasteiger partial charge in [0.05, 0.1) is 5.92 Å². The molecule has 0 radical (unpaired) electrons. The molecule has 1 aromatic heterocycles. The smallest absolute Gasteiger partial charge is 0.311 e. The second-order valence-corrected chi connectivity index (χ2v) is 6.42. The lowest BCUT2D eigenvalue weighted by Crippen LogP contribution is -2.31. The predicted molar refractivity (Wildman–Crippen MR) is 77.7 cm³/mol. The highest BCUT2D eigenvalue weighted by Gasteiger charge is 2.33. The van der Waals surface area contributed by atoms with Crippen molar-refractivity contribution < 1.29 is 9.53 Å². The fourth-order valence-electron chi connectivity index (χ4n) is 2.37. The van der Waals surface area contributed by atoms with Crippen LogP contribution in [0.25, 0.3) is 0 Å². The third-order valence-corrected chi connectivity index (χ3v) is 3.18. The van der Waals surface area contributed by atoms with Crippen LogP contribution in [0.4, 0.5) is 5.95 Å². The van der Waals surface area contributed by atoms with E-state index in [1.54, 1.807) is 0 Å². The average Bonchev–Trinajstić information content (AvgIpc) is 2.74. The van der Waals surface area contributed by atoms with Crippen molar-refractivity contribution in [2.75, 3.05) is 18.0 Å². The molecule has 2 rings (SSSR count). The van der Waals surface area contributed by atoms with Gasteiger partial charge in [0.2, 0.25) is 5.95 Å². The summed E-state index contributed by atoms with van der Waals surface area (Å²) in [7, 11) is 0. The molecule has 110 valence electrons. The van der Waals surface area contributed by atoms with Crippen LogP contribution >= 0.6 is 0 Å². The summed E-state index contributed by atoms with van der Waals surface area (Å²) in [6, 6.07) is 1.95. The summed E-state index contributed by atoms with van der Waals surface area (Å²) < 4.78 is 5.45. The number of aryl methyl sites for hydroxylation is 2. The number of hydrogen-bond acceptors (Lipinski definition) is 5. The highest BCUT2D eigenvalue weighted by Crippen LogP contribution is 2.24. The lowest BCUT2D eigenvalue weighted by Gasteiger charge is -2.22. The van der Waals surface area contributed by atoms with Crippen LogP contribution in [0.1, 0.15) is 38.6 Å². The monoisotopic (exact) mass is 277 g/mol. The van der Waals surface area contributed by atoms with Crippen LogP contribution in [0.2, 0.25) is 0 Å². The zero-order valence-electron chi connectivity index (χ0n) is 12.9. The Balaban J connectivity index is 2.03. The Kier molecular flexibility index (Phi) is 3.97. The van der Waals surface area contributed by atoms with Crippen LogP contribution in [-0.2, 0) is 9.53 Å². The molecule has 0 N–H and O–H groups in total. The van der Waals surface area contributed by atoms with Gasteiger partial charge in [-0.3, -0.25) is 4.79 Å². The Morgan fingerprint density at radius 2 is 1.90 bits per heavy atom. The maximum atomic E-state index is 12.1. The van der Waals surface area contributed by atoms with Crippen LogP contribution in [0.15, 0.2) is 6.07 Å². The van der Waals surface area contributed by atoms with Crippen molar-refractivity contribution in [1.82, 2.24) is 9.97 Å². The molecule has 5 heteroatoms. The van der Waals surface area contributed by atoms with Crippen molar-refractivity contribution in [2.24, 2.45) is 5.92 Å². The molecule has 0 saturated carbocycles. The molecule has 0 bridgehead atoms. The van der Waals surface area contributed by atoms with Gasteiger partial charge in [-0.15, -0.1) is 0 Å². The molecule has 0 amide bonds. The van der Waals surface area contributed by atoms with Crippen molar-refractivity contribution in [1.29, 1.82) is 0 Å². The molecule has 0 spiro atoms. The molecule has 1 aliphatic rings. The Morgan fingerprint density at radius 3 is 2.45 bits per heavy atom. The molecular weight excluding hydrogens is 254 g/mol. The van der Waals surface area contributed by atoms with Crippen LogP contribution < -0.4 is 4.90 Å². The number of hydrogen-bond donors (Lipinski definition) is 0. The molecule has 0 unspecified atom stereocenters. The van der Waals surface area contributed by atoms with E-state index in [4.69, 9.17) is 4.74 Å². The Bertz CT molecular complexity index is 488. The van der Waals surface area contributed by atoms with Crippen LogP contribution in [0.3, 0.4) is 0 Å². The van der Waals surface area contributed by atoms with Gasteiger partial charge >= 0.3 is 5.97 Å². The molecule has 1 atom stereocenters. The highest BCUT2D eigenvalue weighted by atomic mass is 16.6. The first kappa shape index (κ1) is 14.8. The van der Waals surface area contributed by atoms with Gasteiger partial charge in [0, 0.05) is 24.5 Å². The Morgan fingerprint density at radius 1 is 1.30 bits per heavy atom. The first-order valence-corrected chi connectivity index (χ1v) is 7.05. The van der Waals surface area contributed by atoms with E-state index in [1.165, 1.54) is 0 Å². The third-order valence-electron chi connectivity index (χ3n) is 3.18. The molecule has 1 aliphatic heterocycles. The normalized spacial score (nSPS) is 19.2. The van der Waals surface area contributed by atoms with E-state index in [0.29, 0.717) is 12.5 Å². The highest BCUT2D eigenvalue weighted by molar-refractivity contribution is 5.74. The van der Waals surface area contributed by atoms with Gasteiger partial charge in [-0.05, 0) is 47.1 Å². The molecule has 1 saturated heterocycles. The van der Waals surface area contributed by atoms with Gasteiger partial charge in [0.1, 0.15) is 5.60 Å². The van der Waals surface area contributed by atoms with Gasteiger partial charge < -0.3 is 9.64 Å². The summed E-state index contributed by atoms with van der Waals surface area (Å²) in [5.74, 6) is 0.511. The molecule has 1 fully saturated rings. The summed E-state index contributed by atoms with van der Waals surface area (Å²) in [5.41, 5.74) is 1.47. The first-order chi connectivity index (χ1) is 9.24. The van der Waals surface area contributed by atoms with E-state index in [-0.39, 0.29) is 11.9 Å². The number of esters is 1. The van der Waals surface area contributed by atoms with Crippen LogP contribution in [0.5, 0.6) is 0 Å². The number of carbonyl (C=O) groups excluding carboxylic acids is 1. The molecule has 2 heterocycles. The van der Waals surface area contributed by atoms with E-state index in [1.807, 2.05) is 40.7 Å². The maximum absolute atomic E-state index is 12.1. The zero-order valence-corrected chi connectivity index (χ0v) is 12.9. The minimum Gasteiger partial charge on any atom is -0.460 e. The van der Waals surface area contributed by atoms with Gasteiger partial charge in [-0.2, -0.15) is 0 Å². The van der Waals surface area contributed by atoms with Gasteiger partial charge in [-0.1, -0.05) is 0 Å². The number of ether oxygens (including phenoxy) is 1. The van der Waals surface area contributed by atoms with Crippen LogP contribution in [0, 0.1) is 19.8 Å². The molecule has 0 aliphatic carbocycles. The third kappa shape index (κ3) is 3.68. The molecule has 20 heavy (non-hydrogen) atoms. The first-order valence-electron chi connectivity index (χ1n) is 7.05. The van der Waals surface area contributed by atoms with Crippen LogP contribution in [-0.4, -0.2) is 34.6 Å². The summed E-state index contributed by atoms with van der Waals surface area (Å²) in [5, 5.41) is 0. The van der Waals surface area contributed by atoms with Gasteiger partial charge in [0.15, 0.2) is 0 Å². The summed E-state index contributed by atoms with van der Waals surface area (Å²) in [4.78, 5) is 23.0. The number of aromatic nitrogens is 2. The van der Waals surface area contributed by atoms with E-state index in [9.17, 15) is 4.79 Å². The lowest BCUT2D eigenvalue weighted by atomic mass is 10.1. The van der Waals surface area contributed by atoms with E-state index in [2.05, 4.69) is 14.9 Å². The summed E-state index contributed by atoms with van der Waals surface area (Å²) in [6.45, 7) is 11.0. The van der Waals surface area contributed by atoms with E-state index >= 15 is 0 Å². The quantitative estimate of drug-likeness (QED) is 0.776. The van der Waals surface area contributed by atoms with Crippen molar-refractivity contribution in [3.05, 3.63) is 17.5 Å². The Labute approximate surface area is 120 Å². The second kappa shape index (κ2) is 5.38.